The van der Waals surface area contributed by atoms with E-state index in [0.29, 0.717) is 17.3 Å². The lowest BCUT2D eigenvalue weighted by atomic mass is 10.1. The molecular formula is C25H25FN2O5S. The summed E-state index contributed by atoms with van der Waals surface area (Å²) in [5.41, 5.74) is 0.407. The Morgan fingerprint density at radius 1 is 1.15 bits per heavy atom. The molecular weight excluding hydrogens is 459 g/mol. The van der Waals surface area contributed by atoms with Gasteiger partial charge in [0.05, 0.1) is 29.3 Å². The predicted molar refractivity (Wildman–Crippen MR) is 124 cm³/mol. The average molecular weight is 485 g/mol. The number of hydrogen-bond acceptors (Lipinski definition) is 6. The molecule has 3 aromatic rings. The lowest BCUT2D eigenvalue weighted by Crippen LogP contribution is -2.55. The van der Waals surface area contributed by atoms with Crippen LogP contribution in [-0.2, 0) is 25.1 Å². The van der Waals surface area contributed by atoms with E-state index in [9.17, 15) is 22.4 Å². The van der Waals surface area contributed by atoms with Crippen LogP contribution in [0.3, 0.4) is 0 Å². The second kappa shape index (κ2) is 9.50. The summed E-state index contributed by atoms with van der Waals surface area (Å²) in [5.74, 6) is -1.84. The monoisotopic (exact) mass is 484 g/mol. The average Bonchev–Trinajstić information content (AvgIpc) is 2.76. The molecule has 0 atom stereocenters. The number of hydrogen-bond donors (Lipinski definition) is 0. The van der Waals surface area contributed by atoms with Crippen LogP contribution in [0.25, 0.3) is 10.9 Å². The minimum absolute atomic E-state index is 0.0313. The lowest BCUT2D eigenvalue weighted by molar-refractivity contribution is -0.156. The number of amides is 1. The van der Waals surface area contributed by atoms with Gasteiger partial charge in [0.2, 0.25) is 0 Å². The van der Waals surface area contributed by atoms with Gasteiger partial charge in [-0.1, -0.05) is 38.1 Å². The zero-order valence-corrected chi connectivity index (χ0v) is 19.7. The van der Waals surface area contributed by atoms with Gasteiger partial charge in [-0.25, -0.2) is 12.8 Å². The number of sulfone groups is 1. The third-order valence-corrected chi connectivity index (χ3v) is 7.28. The Kier molecular flexibility index (Phi) is 6.65. The molecule has 7 nitrogen and oxygen atoms in total. The van der Waals surface area contributed by atoms with Crippen molar-refractivity contribution in [2.24, 2.45) is 5.92 Å². The first kappa shape index (κ1) is 23.8. The highest BCUT2D eigenvalue weighted by molar-refractivity contribution is 7.90. The highest BCUT2D eigenvalue weighted by Crippen LogP contribution is 2.26. The van der Waals surface area contributed by atoms with Gasteiger partial charge in [0.25, 0.3) is 5.91 Å². The molecule has 0 unspecified atom stereocenters. The molecule has 0 bridgehead atoms. The van der Waals surface area contributed by atoms with E-state index in [1.807, 2.05) is 13.8 Å². The van der Waals surface area contributed by atoms with Crippen LogP contribution in [0, 0.1) is 11.7 Å². The Morgan fingerprint density at radius 3 is 2.59 bits per heavy atom. The molecule has 1 aliphatic heterocycles. The Morgan fingerprint density at radius 2 is 1.88 bits per heavy atom. The van der Waals surface area contributed by atoms with Crippen LogP contribution in [0.1, 0.15) is 36.2 Å². The molecule has 0 spiro atoms. The van der Waals surface area contributed by atoms with Crippen LogP contribution in [0.15, 0.2) is 59.6 Å². The minimum atomic E-state index is -3.88. The van der Waals surface area contributed by atoms with Gasteiger partial charge in [-0.05, 0) is 30.2 Å². The Hall–Kier alpha value is -3.33. The molecule has 0 radical (unpaired) electrons. The van der Waals surface area contributed by atoms with E-state index >= 15 is 0 Å². The molecule has 0 N–H and O–H groups in total. The standard InChI is InChI=1S/C25H25FN2O5S/c1-16(2)11-23(29)33-20-13-28(14-20)25(30)18-8-9-19(21(26)12-18)15-34(31,32)22-7-3-5-17-6-4-10-27-24(17)22/h3-10,12,16,20H,11,13-15H2,1-2H3. The molecule has 34 heavy (non-hydrogen) atoms. The zero-order chi connectivity index (χ0) is 24.5. The van der Waals surface area contributed by atoms with Crippen LogP contribution in [0.4, 0.5) is 4.39 Å². The molecule has 9 heteroatoms. The van der Waals surface area contributed by atoms with Crippen molar-refractivity contribution in [3.8, 4) is 0 Å². The van der Waals surface area contributed by atoms with Gasteiger partial charge < -0.3 is 9.64 Å². The number of nitrogens with zero attached hydrogens (tertiary/aromatic N) is 2. The Labute approximate surface area is 197 Å². The van der Waals surface area contributed by atoms with E-state index in [1.165, 1.54) is 29.3 Å². The number of benzene rings is 2. The molecule has 0 aliphatic carbocycles. The van der Waals surface area contributed by atoms with Crippen molar-refractivity contribution in [1.29, 1.82) is 0 Å². The van der Waals surface area contributed by atoms with Crippen LogP contribution < -0.4 is 0 Å². The van der Waals surface area contributed by atoms with Crippen molar-refractivity contribution in [2.45, 2.75) is 37.0 Å². The third-order valence-electron chi connectivity index (χ3n) is 5.58. The van der Waals surface area contributed by atoms with Crippen LogP contribution in [0.2, 0.25) is 0 Å². The topological polar surface area (TPSA) is 93.6 Å². The largest absolute Gasteiger partial charge is 0.459 e. The third kappa shape index (κ3) is 5.09. The molecule has 1 amide bonds. The molecule has 1 aliphatic rings. The second-order valence-corrected chi connectivity index (χ2v) is 10.8. The fraction of sp³-hybridized carbons (Fsp3) is 0.320. The van der Waals surface area contributed by atoms with Gasteiger partial charge in [-0.3, -0.25) is 14.6 Å². The molecule has 1 fully saturated rings. The summed E-state index contributed by atoms with van der Waals surface area (Å²) in [4.78, 5) is 30.0. The minimum Gasteiger partial charge on any atom is -0.459 e. The normalized spacial score (nSPS) is 14.3. The smallest absolute Gasteiger partial charge is 0.306 e. The highest BCUT2D eigenvalue weighted by atomic mass is 32.2. The second-order valence-electron chi connectivity index (χ2n) is 8.82. The number of pyridine rings is 1. The Balaban J connectivity index is 1.43. The summed E-state index contributed by atoms with van der Waals surface area (Å²) in [6, 6.07) is 12.1. The summed E-state index contributed by atoms with van der Waals surface area (Å²) in [6.45, 7) is 4.32. The molecule has 0 saturated carbocycles. The number of fused-ring (bicyclic) bond motifs is 1. The fourth-order valence-electron chi connectivity index (χ4n) is 3.84. The van der Waals surface area contributed by atoms with Gasteiger partial charge in [0.15, 0.2) is 9.84 Å². The summed E-state index contributed by atoms with van der Waals surface area (Å²) < 4.78 is 46.1. The maximum Gasteiger partial charge on any atom is 0.306 e. The molecule has 2 aromatic carbocycles. The van der Waals surface area contributed by atoms with Crippen molar-refractivity contribution in [3.05, 3.63) is 71.7 Å². The van der Waals surface area contributed by atoms with E-state index in [4.69, 9.17) is 4.74 Å². The fourth-order valence-corrected chi connectivity index (χ4v) is 5.39. The highest BCUT2D eigenvalue weighted by Gasteiger charge is 2.34. The maximum absolute atomic E-state index is 14.8. The number of esters is 1. The number of aromatic nitrogens is 1. The van der Waals surface area contributed by atoms with Crippen molar-refractivity contribution < 1.29 is 27.1 Å². The predicted octanol–water partition coefficient (Wildman–Crippen LogP) is 3.76. The number of rotatable bonds is 7. The summed E-state index contributed by atoms with van der Waals surface area (Å²) in [7, 11) is -3.88. The van der Waals surface area contributed by atoms with E-state index < -0.39 is 27.3 Å². The molecule has 2 heterocycles. The van der Waals surface area contributed by atoms with Crippen LogP contribution in [0.5, 0.6) is 0 Å². The summed E-state index contributed by atoms with van der Waals surface area (Å²) >= 11 is 0. The lowest BCUT2D eigenvalue weighted by Gasteiger charge is -2.38. The quantitative estimate of drug-likeness (QED) is 0.474. The van der Waals surface area contributed by atoms with Gasteiger partial charge in [0.1, 0.15) is 11.9 Å². The van der Waals surface area contributed by atoms with Crippen molar-refractivity contribution in [2.75, 3.05) is 13.1 Å². The SMILES string of the molecule is CC(C)CC(=O)OC1CN(C(=O)c2ccc(CS(=O)(=O)c3cccc4cccnc34)c(F)c2)C1. The van der Waals surface area contributed by atoms with E-state index in [-0.39, 0.29) is 47.1 Å². The summed E-state index contributed by atoms with van der Waals surface area (Å²) in [5, 5.41) is 0.674. The molecule has 1 saturated heterocycles. The maximum atomic E-state index is 14.8. The molecule has 4 rings (SSSR count). The van der Waals surface area contributed by atoms with Crippen molar-refractivity contribution >= 4 is 32.6 Å². The van der Waals surface area contributed by atoms with Crippen LogP contribution >= 0.6 is 0 Å². The number of likely N-dealkylation sites (tertiary alicyclic amines) is 1. The van der Waals surface area contributed by atoms with Gasteiger partial charge in [-0.2, -0.15) is 0 Å². The van der Waals surface area contributed by atoms with Gasteiger partial charge in [0, 0.05) is 29.1 Å². The Bertz CT molecular complexity index is 1350. The first-order valence-corrected chi connectivity index (χ1v) is 12.6. The number of para-hydroxylation sites is 1. The zero-order valence-electron chi connectivity index (χ0n) is 18.9. The molecule has 1 aromatic heterocycles. The van der Waals surface area contributed by atoms with E-state index in [0.717, 1.165) is 6.07 Å². The van der Waals surface area contributed by atoms with Gasteiger partial charge >= 0.3 is 5.97 Å². The number of carbonyl (C=O) groups excluding carboxylic acids is 2. The van der Waals surface area contributed by atoms with E-state index in [1.54, 1.807) is 24.3 Å². The number of halogens is 1. The van der Waals surface area contributed by atoms with Crippen LogP contribution in [-0.4, -0.2) is 49.4 Å². The van der Waals surface area contributed by atoms with Crippen molar-refractivity contribution in [3.63, 3.8) is 0 Å². The summed E-state index contributed by atoms with van der Waals surface area (Å²) in [6.07, 6.45) is 1.46. The van der Waals surface area contributed by atoms with E-state index in [2.05, 4.69) is 4.98 Å². The van der Waals surface area contributed by atoms with Crippen molar-refractivity contribution in [1.82, 2.24) is 9.88 Å². The first-order valence-electron chi connectivity index (χ1n) is 11.0. The first-order chi connectivity index (χ1) is 16.1. The number of ether oxygens (including phenoxy) is 1. The van der Waals surface area contributed by atoms with Gasteiger partial charge in [-0.15, -0.1) is 0 Å². The number of carbonyl (C=O) groups is 2. The molecule has 178 valence electrons.